The second kappa shape index (κ2) is 9.20. The molecule has 6 heteroatoms. The van der Waals surface area contributed by atoms with Gasteiger partial charge in [-0.15, -0.1) is 0 Å². The number of aromatic hydroxyl groups is 2. The molecule has 0 radical (unpaired) electrons. The van der Waals surface area contributed by atoms with Crippen molar-refractivity contribution in [3.63, 3.8) is 0 Å². The van der Waals surface area contributed by atoms with Gasteiger partial charge in [-0.1, -0.05) is 34.1 Å². The molecule has 3 N–H and O–H groups in total. The average Bonchev–Trinajstić information content (AvgIpc) is 3.01. The van der Waals surface area contributed by atoms with Crippen LogP contribution in [0.15, 0.2) is 18.2 Å². The van der Waals surface area contributed by atoms with E-state index in [-0.39, 0.29) is 17.4 Å². The number of benzene rings is 1. The molecule has 1 aliphatic heterocycles. The van der Waals surface area contributed by atoms with E-state index in [1.54, 1.807) is 6.07 Å². The van der Waals surface area contributed by atoms with Gasteiger partial charge >= 0.3 is 0 Å². The Labute approximate surface area is 139 Å². The fourth-order valence-electron chi connectivity index (χ4n) is 2.38. The second-order valence-corrected chi connectivity index (χ2v) is 8.29. The van der Waals surface area contributed by atoms with Crippen molar-refractivity contribution in [3.8, 4) is 11.5 Å². The minimum Gasteiger partial charge on any atom is -0.504 e. The van der Waals surface area contributed by atoms with Gasteiger partial charge in [-0.2, -0.15) is 0 Å². The molecule has 0 spiro atoms. The van der Waals surface area contributed by atoms with Gasteiger partial charge in [0.2, 0.25) is 5.91 Å². The normalized spacial score (nSPS) is 17.5. The highest BCUT2D eigenvalue weighted by atomic mass is 33.1. The molecule has 1 aromatic carbocycles. The lowest BCUT2D eigenvalue weighted by atomic mass is 10.1. The summed E-state index contributed by atoms with van der Waals surface area (Å²) in [6.07, 6.45) is 5.84. The van der Waals surface area contributed by atoms with Gasteiger partial charge in [0.1, 0.15) is 0 Å². The number of carbonyl (C=O) groups excluding carboxylic acids is 1. The molecule has 1 heterocycles. The van der Waals surface area contributed by atoms with E-state index >= 15 is 0 Å². The van der Waals surface area contributed by atoms with Crippen LogP contribution >= 0.6 is 21.6 Å². The Morgan fingerprint density at radius 2 is 2.14 bits per heavy atom. The molecule has 0 aliphatic carbocycles. The van der Waals surface area contributed by atoms with Crippen molar-refractivity contribution >= 4 is 27.5 Å². The van der Waals surface area contributed by atoms with Gasteiger partial charge in [-0.25, -0.2) is 0 Å². The molecular weight excluding hydrogens is 318 g/mol. The lowest BCUT2D eigenvalue weighted by Gasteiger charge is -2.08. The number of hydrogen-bond donors (Lipinski definition) is 3. The minimum atomic E-state index is -0.119. The first-order chi connectivity index (χ1) is 10.6. The highest BCUT2D eigenvalue weighted by molar-refractivity contribution is 8.77. The summed E-state index contributed by atoms with van der Waals surface area (Å²) in [5.41, 5.74) is 0.895. The minimum absolute atomic E-state index is 0.0939. The van der Waals surface area contributed by atoms with Crippen LogP contribution in [0.2, 0.25) is 0 Å². The van der Waals surface area contributed by atoms with Crippen molar-refractivity contribution in [2.45, 2.75) is 43.8 Å². The standard InChI is InChI=1S/C16H23NO3S2/c18-14-6-5-12(11-15(14)19)7-9-17-16(20)4-2-1-3-13-8-10-21-22-13/h5-6,11,13,18-19H,1-4,7-10H2,(H,17,20). The number of hydrogen-bond acceptors (Lipinski definition) is 5. The van der Waals surface area contributed by atoms with Crippen LogP contribution in [0.1, 0.15) is 37.7 Å². The number of rotatable bonds is 8. The van der Waals surface area contributed by atoms with E-state index in [1.807, 2.05) is 21.6 Å². The molecule has 0 bridgehead atoms. The van der Waals surface area contributed by atoms with Crippen LogP contribution in [0.3, 0.4) is 0 Å². The summed E-state index contributed by atoms with van der Waals surface area (Å²) >= 11 is 0. The fourth-order valence-corrected chi connectivity index (χ4v) is 5.41. The van der Waals surface area contributed by atoms with Crippen molar-refractivity contribution in [2.75, 3.05) is 12.3 Å². The van der Waals surface area contributed by atoms with Crippen LogP contribution in [0.5, 0.6) is 11.5 Å². The van der Waals surface area contributed by atoms with E-state index in [4.69, 9.17) is 0 Å². The summed E-state index contributed by atoms with van der Waals surface area (Å²) in [6.45, 7) is 0.554. The van der Waals surface area contributed by atoms with Gasteiger partial charge in [-0.3, -0.25) is 4.79 Å². The van der Waals surface area contributed by atoms with E-state index < -0.39 is 0 Å². The van der Waals surface area contributed by atoms with E-state index in [0.717, 1.165) is 23.7 Å². The molecule has 2 rings (SSSR count). The molecule has 1 unspecified atom stereocenters. The van der Waals surface area contributed by atoms with Gasteiger partial charge in [0.25, 0.3) is 0 Å². The molecular formula is C16H23NO3S2. The zero-order valence-corrected chi connectivity index (χ0v) is 14.2. The van der Waals surface area contributed by atoms with Crippen LogP contribution in [-0.2, 0) is 11.2 Å². The second-order valence-electron chi connectivity index (χ2n) is 5.50. The lowest BCUT2D eigenvalue weighted by Crippen LogP contribution is -2.25. The topological polar surface area (TPSA) is 69.6 Å². The van der Waals surface area contributed by atoms with Crippen molar-refractivity contribution in [3.05, 3.63) is 23.8 Å². The third kappa shape index (κ3) is 6.01. The van der Waals surface area contributed by atoms with Crippen molar-refractivity contribution in [2.24, 2.45) is 0 Å². The summed E-state index contributed by atoms with van der Waals surface area (Å²) in [5, 5.41) is 22.3. The van der Waals surface area contributed by atoms with E-state index in [0.29, 0.717) is 19.4 Å². The number of amides is 1. The molecule has 1 amide bonds. The maximum absolute atomic E-state index is 11.7. The third-order valence-corrected chi connectivity index (χ3v) is 6.69. The van der Waals surface area contributed by atoms with Crippen LogP contribution in [0, 0.1) is 0 Å². The third-order valence-electron chi connectivity index (χ3n) is 3.68. The Kier molecular flexibility index (Phi) is 7.25. The molecule has 1 atom stereocenters. The first-order valence-electron chi connectivity index (χ1n) is 7.71. The van der Waals surface area contributed by atoms with Gasteiger partial charge in [0.15, 0.2) is 11.5 Å². The molecule has 1 fully saturated rings. The Hall–Kier alpha value is -1.01. The smallest absolute Gasteiger partial charge is 0.220 e. The molecule has 4 nitrogen and oxygen atoms in total. The summed E-state index contributed by atoms with van der Waals surface area (Å²) in [5.74, 6) is 1.12. The van der Waals surface area contributed by atoms with Gasteiger partial charge < -0.3 is 15.5 Å². The first-order valence-corrected chi connectivity index (χ1v) is 10.1. The summed E-state index contributed by atoms with van der Waals surface area (Å²) in [7, 11) is 3.95. The lowest BCUT2D eigenvalue weighted by molar-refractivity contribution is -0.121. The largest absolute Gasteiger partial charge is 0.504 e. The van der Waals surface area contributed by atoms with Crippen LogP contribution in [0.4, 0.5) is 0 Å². The quantitative estimate of drug-likeness (QED) is 0.384. The molecule has 22 heavy (non-hydrogen) atoms. The Bertz CT molecular complexity index is 490. The maximum atomic E-state index is 11.7. The van der Waals surface area contributed by atoms with Gasteiger partial charge in [-0.05, 0) is 43.4 Å². The molecule has 0 saturated carbocycles. The van der Waals surface area contributed by atoms with Crippen molar-refractivity contribution < 1.29 is 15.0 Å². The van der Waals surface area contributed by atoms with Crippen LogP contribution < -0.4 is 5.32 Å². The number of carbonyl (C=O) groups is 1. The average molecular weight is 341 g/mol. The maximum Gasteiger partial charge on any atom is 0.220 e. The van der Waals surface area contributed by atoms with Crippen molar-refractivity contribution in [1.82, 2.24) is 5.32 Å². The van der Waals surface area contributed by atoms with E-state index in [2.05, 4.69) is 5.32 Å². The zero-order chi connectivity index (χ0) is 15.8. The monoisotopic (exact) mass is 341 g/mol. The Balaban J connectivity index is 1.54. The number of unbranched alkanes of at least 4 members (excludes halogenated alkanes) is 1. The predicted molar refractivity (Wildman–Crippen MR) is 93.4 cm³/mol. The highest BCUT2D eigenvalue weighted by Crippen LogP contribution is 2.39. The number of phenols is 2. The van der Waals surface area contributed by atoms with Gasteiger partial charge in [0.05, 0.1) is 0 Å². The predicted octanol–water partition coefficient (Wildman–Crippen LogP) is 3.47. The van der Waals surface area contributed by atoms with Crippen molar-refractivity contribution in [1.29, 1.82) is 0 Å². The van der Waals surface area contributed by atoms with Gasteiger partial charge in [0, 0.05) is 24.0 Å². The molecule has 122 valence electrons. The number of phenolic OH excluding ortho intramolecular Hbond substituents is 2. The summed E-state index contributed by atoms with van der Waals surface area (Å²) in [4.78, 5) is 11.7. The van der Waals surface area contributed by atoms with E-state index in [1.165, 1.54) is 30.7 Å². The molecule has 1 aliphatic rings. The number of nitrogens with one attached hydrogen (secondary N) is 1. The van der Waals surface area contributed by atoms with Crippen LogP contribution in [-0.4, -0.2) is 33.7 Å². The molecule has 0 aromatic heterocycles. The van der Waals surface area contributed by atoms with E-state index in [9.17, 15) is 15.0 Å². The SMILES string of the molecule is O=C(CCCCC1CCSS1)NCCc1ccc(O)c(O)c1. The Morgan fingerprint density at radius 3 is 2.86 bits per heavy atom. The fraction of sp³-hybridized carbons (Fsp3) is 0.562. The Morgan fingerprint density at radius 1 is 1.27 bits per heavy atom. The molecule has 1 aromatic rings. The highest BCUT2D eigenvalue weighted by Gasteiger charge is 2.15. The zero-order valence-electron chi connectivity index (χ0n) is 12.6. The first kappa shape index (κ1) is 17.3. The summed E-state index contributed by atoms with van der Waals surface area (Å²) in [6, 6.07) is 4.74. The molecule has 1 saturated heterocycles. The van der Waals surface area contributed by atoms with Crippen LogP contribution in [0.25, 0.3) is 0 Å². The summed E-state index contributed by atoms with van der Waals surface area (Å²) < 4.78 is 0.